The highest BCUT2D eigenvalue weighted by Gasteiger charge is 2.25. The second kappa shape index (κ2) is 6.01. The van der Waals surface area contributed by atoms with Gasteiger partial charge in [0.15, 0.2) is 5.13 Å². The van der Waals surface area contributed by atoms with E-state index in [2.05, 4.69) is 15.2 Å². The van der Waals surface area contributed by atoms with E-state index in [4.69, 9.17) is 0 Å². The normalized spacial score (nSPS) is 17.2. The third-order valence-corrected chi connectivity index (χ3v) is 3.90. The number of anilines is 1. The van der Waals surface area contributed by atoms with Crippen molar-refractivity contribution in [3.63, 3.8) is 0 Å². The highest BCUT2D eigenvalue weighted by molar-refractivity contribution is 7.13. The first-order chi connectivity index (χ1) is 9.08. The topological polar surface area (TPSA) is 65.5 Å². The number of thiazole rings is 1. The van der Waals surface area contributed by atoms with Gasteiger partial charge in [0.05, 0.1) is 0 Å². The minimum atomic E-state index is -0.455. The molecule has 1 aliphatic heterocycles. The molecule has 0 spiro atoms. The Morgan fingerprint density at radius 3 is 2.58 bits per heavy atom. The summed E-state index contributed by atoms with van der Waals surface area (Å²) < 4.78 is 0. The molecule has 2 heterocycles. The number of amides is 2. The summed E-state index contributed by atoms with van der Waals surface area (Å²) in [6.07, 6.45) is 1.79. The molecule has 2 rings (SSSR count). The van der Waals surface area contributed by atoms with Gasteiger partial charge in [-0.25, -0.2) is 4.98 Å². The number of piperazine rings is 1. The van der Waals surface area contributed by atoms with Crippen LogP contribution in [0.25, 0.3) is 0 Å². The van der Waals surface area contributed by atoms with E-state index in [1.807, 2.05) is 5.38 Å². The summed E-state index contributed by atoms with van der Waals surface area (Å²) >= 11 is 1.61. The third-order valence-electron chi connectivity index (χ3n) is 3.07. The zero-order chi connectivity index (χ0) is 13.8. The van der Waals surface area contributed by atoms with Gasteiger partial charge in [-0.1, -0.05) is 0 Å². The van der Waals surface area contributed by atoms with E-state index in [1.54, 1.807) is 29.4 Å². The van der Waals surface area contributed by atoms with Crippen molar-refractivity contribution in [2.24, 2.45) is 0 Å². The van der Waals surface area contributed by atoms with Crippen LogP contribution in [0.1, 0.15) is 13.8 Å². The fourth-order valence-corrected chi connectivity index (χ4v) is 2.83. The maximum absolute atomic E-state index is 12.1. The molecule has 6 nitrogen and oxygen atoms in total. The summed E-state index contributed by atoms with van der Waals surface area (Å²) in [7, 11) is 0. The first-order valence-corrected chi connectivity index (χ1v) is 7.16. The second-order valence-electron chi connectivity index (χ2n) is 4.55. The van der Waals surface area contributed by atoms with Gasteiger partial charge in [-0.2, -0.15) is 0 Å². The Morgan fingerprint density at radius 2 is 2.05 bits per heavy atom. The first-order valence-electron chi connectivity index (χ1n) is 6.28. The minimum absolute atomic E-state index is 0.0195. The maximum Gasteiger partial charge on any atom is 0.244 e. The number of nitrogens with zero attached hydrogens (tertiary/aromatic N) is 3. The maximum atomic E-state index is 12.1. The monoisotopic (exact) mass is 282 g/mol. The van der Waals surface area contributed by atoms with E-state index in [0.29, 0.717) is 13.1 Å². The van der Waals surface area contributed by atoms with E-state index in [1.165, 1.54) is 6.92 Å². The van der Waals surface area contributed by atoms with Gasteiger partial charge in [0, 0.05) is 44.7 Å². The molecule has 1 N–H and O–H groups in total. The zero-order valence-corrected chi connectivity index (χ0v) is 11.9. The van der Waals surface area contributed by atoms with Crippen molar-refractivity contribution in [1.29, 1.82) is 0 Å². The Kier molecular flexibility index (Phi) is 4.36. The van der Waals surface area contributed by atoms with Crippen LogP contribution < -0.4 is 10.2 Å². The molecule has 0 bridgehead atoms. The van der Waals surface area contributed by atoms with E-state index >= 15 is 0 Å². The van der Waals surface area contributed by atoms with Gasteiger partial charge in [-0.05, 0) is 6.92 Å². The predicted octanol–water partition coefficient (Wildman–Crippen LogP) is 0.316. The molecule has 19 heavy (non-hydrogen) atoms. The van der Waals surface area contributed by atoms with Gasteiger partial charge in [0.1, 0.15) is 6.04 Å². The lowest BCUT2D eigenvalue weighted by molar-refractivity contribution is -0.135. The second-order valence-corrected chi connectivity index (χ2v) is 5.42. The molecule has 0 aromatic carbocycles. The quantitative estimate of drug-likeness (QED) is 0.867. The SMILES string of the molecule is CC(=O)NC(C)C(=O)N1CCN(c2nccs2)CC1. The molecule has 1 aromatic rings. The van der Waals surface area contributed by atoms with E-state index in [9.17, 15) is 9.59 Å². The number of hydrogen-bond acceptors (Lipinski definition) is 5. The van der Waals surface area contributed by atoms with E-state index in [0.717, 1.165) is 18.2 Å². The van der Waals surface area contributed by atoms with Gasteiger partial charge in [0.2, 0.25) is 11.8 Å². The molecule has 1 unspecified atom stereocenters. The van der Waals surface area contributed by atoms with Crippen molar-refractivity contribution in [2.75, 3.05) is 31.1 Å². The van der Waals surface area contributed by atoms with Crippen LogP contribution >= 0.6 is 11.3 Å². The summed E-state index contributed by atoms with van der Waals surface area (Å²) in [6.45, 7) is 6.05. The Balaban J connectivity index is 1.86. The van der Waals surface area contributed by atoms with Crippen LogP contribution in [0.15, 0.2) is 11.6 Å². The number of aromatic nitrogens is 1. The standard InChI is InChI=1S/C12H18N4O2S/c1-9(14-10(2)17)11(18)15-4-6-16(7-5-15)12-13-3-8-19-12/h3,8-9H,4-7H2,1-2H3,(H,14,17). The molecular formula is C12H18N4O2S. The summed E-state index contributed by atoms with van der Waals surface area (Å²) in [5.41, 5.74) is 0. The van der Waals surface area contributed by atoms with E-state index < -0.39 is 6.04 Å². The molecule has 1 fully saturated rings. The summed E-state index contributed by atoms with van der Waals surface area (Å²) in [6, 6.07) is -0.455. The average molecular weight is 282 g/mol. The fourth-order valence-electron chi connectivity index (χ4n) is 2.13. The molecule has 0 radical (unpaired) electrons. The van der Waals surface area contributed by atoms with Crippen molar-refractivity contribution in [2.45, 2.75) is 19.9 Å². The smallest absolute Gasteiger partial charge is 0.244 e. The molecule has 2 amide bonds. The fraction of sp³-hybridized carbons (Fsp3) is 0.583. The Hall–Kier alpha value is -1.63. The van der Waals surface area contributed by atoms with Crippen molar-refractivity contribution < 1.29 is 9.59 Å². The van der Waals surface area contributed by atoms with Crippen LogP contribution in [-0.4, -0.2) is 53.9 Å². The van der Waals surface area contributed by atoms with Gasteiger partial charge in [-0.15, -0.1) is 11.3 Å². The molecule has 1 aromatic heterocycles. The highest BCUT2D eigenvalue weighted by Crippen LogP contribution is 2.19. The van der Waals surface area contributed by atoms with Crippen molar-refractivity contribution in [1.82, 2.24) is 15.2 Å². The Morgan fingerprint density at radius 1 is 1.37 bits per heavy atom. The van der Waals surface area contributed by atoms with Crippen molar-refractivity contribution >= 4 is 28.3 Å². The molecule has 1 saturated heterocycles. The third kappa shape index (κ3) is 3.44. The predicted molar refractivity (Wildman–Crippen MR) is 74.2 cm³/mol. The van der Waals surface area contributed by atoms with Crippen LogP contribution in [0.3, 0.4) is 0 Å². The van der Waals surface area contributed by atoms with E-state index in [-0.39, 0.29) is 11.8 Å². The van der Waals surface area contributed by atoms with Crippen molar-refractivity contribution in [3.8, 4) is 0 Å². The first kappa shape index (κ1) is 13.8. The van der Waals surface area contributed by atoms with Crippen molar-refractivity contribution in [3.05, 3.63) is 11.6 Å². The summed E-state index contributed by atoms with van der Waals surface area (Å²) in [5.74, 6) is -0.198. The number of hydrogen-bond donors (Lipinski definition) is 1. The zero-order valence-electron chi connectivity index (χ0n) is 11.1. The molecule has 0 saturated carbocycles. The largest absolute Gasteiger partial charge is 0.345 e. The molecular weight excluding hydrogens is 264 g/mol. The average Bonchev–Trinajstić information content (AvgIpc) is 2.91. The van der Waals surface area contributed by atoms with Crippen LogP contribution in [-0.2, 0) is 9.59 Å². The van der Waals surface area contributed by atoms with Gasteiger partial charge in [0.25, 0.3) is 0 Å². The molecule has 1 aliphatic rings. The van der Waals surface area contributed by atoms with Gasteiger partial charge < -0.3 is 15.1 Å². The van der Waals surface area contributed by atoms with Crippen LogP contribution in [0.2, 0.25) is 0 Å². The lowest BCUT2D eigenvalue weighted by Gasteiger charge is -2.35. The summed E-state index contributed by atoms with van der Waals surface area (Å²) in [5, 5.41) is 5.58. The highest BCUT2D eigenvalue weighted by atomic mass is 32.1. The Labute approximate surface area is 116 Å². The van der Waals surface area contributed by atoms with Gasteiger partial charge in [-0.3, -0.25) is 9.59 Å². The molecule has 0 aliphatic carbocycles. The molecule has 104 valence electrons. The lowest BCUT2D eigenvalue weighted by Crippen LogP contribution is -2.54. The molecule has 1 atom stereocenters. The summed E-state index contributed by atoms with van der Waals surface area (Å²) in [4.78, 5) is 31.3. The number of rotatable bonds is 3. The van der Waals surface area contributed by atoms with Crippen LogP contribution in [0.4, 0.5) is 5.13 Å². The Bertz CT molecular complexity index is 441. The number of nitrogens with one attached hydrogen (secondary N) is 1. The lowest BCUT2D eigenvalue weighted by atomic mass is 10.2. The van der Waals surface area contributed by atoms with Crippen LogP contribution in [0, 0.1) is 0 Å². The van der Waals surface area contributed by atoms with Gasteiger partial charge >= 0.3 is 0 Å². The molecule has 7 heteroatoms. The minimum Gasteiger partial charge on any atom is -0.345 e. The number of carbonyl (C=O) groups excluding carboxylic acids is 2. The number of carbonyl (C=O) groups is 2. The van der Waals surface area contributed by atoms with Crippen LogP contribution in [0.5, 0.6) is 0 Å².